The van der Waals surface area contributed by atoms with Crippen LogP contribution in [0, 0.1) is 0 Å². The molecule has 0 bridgehead atoms. The van der Waals surface area contributed by atoms with Gasteiger partial charge in [0.25, 0.3) is 0 Å². The first-order valence-electron chi connectivity index (χ1n) is 4.16. The minimum Gasteiger partial charge on any atom is -0.474 e. The molecule has 78 valence electrons. The van der Waals surface area contributed by atoms with Crippen molar-refractivity contribution in [1.29, 1.82) is 0 Å². The minimum absolute atomic E-state index is 0.209. The maximum atomic E-state index is 10.9. The molecule has 0 amide bonds. The summed E-state index contributed by atoms with van der Waals surface area (Å²) >= 11 is 0. The molecule has 0 aromatic heterocycles. The van der Waals surface area contributed by atoms with Crippen LogP contribution in [0.3, 0.4) is 0 Å². The molecule has 2 aliphatic heterocycles. The number of carbonyl (C=O) groups is 1. The predicted molar refractivity (Wildman–Crippen MR) is 44.2 cm³/mol. The Morgan fingerprint density at radius 3 is 3.21 bits per heavy atom. The number of hydrogen-bond donors (Lipinski definition) is 1. The highest BCUT2D eigenvalue weighted by Crippen LogP contribution is 2.33. The summed E-state index contributed by atoms with van der Waals surface area (Å²) in [5.74, 6) is 0. The molecule has 0 aliphatic carbocycles. The van der Waals surface area contributed by atoms with Crippen molar-refractivity contribution in [1.82, 2.24) is 0 Å². The van der Waals surface area contributed by atoms with Gasteiger partial charge in [-0.1, -0.05) is 0 Å². The Morgan fingerprint density at radius 1 is 1.71 bits per heavy atom. The minimum atomic E-state index is -1.10. The lowest BCUT2D eigenvalue weighted by molar-refractivity contribution is -0.0684. The fourth-order valence-electron chi connectivity index (χ4n) is 1.50. The Kier molecular flexibility index (Phi) is 2.09. The number of nitrogens with two attached hydrogens (primary N) is 1. The number of rotatable bonds is 1. The van der Waals surface area contributed by atoms with E-state index in [1.807, 2.05) is 0 Å². The molecule has 1 saturated heterocycles. The van der Waals surface area contributed by atoms with Crippen molar-refractivity contribution >= 4 is 6.16 Å². The molecule has 1 fully saturated rings. The number of ether oxygens (including phenoxy) is 4. The summed E-state index contributed by atoms with van der Waals surface area (Å²) < 4.78 is 19.7. The van der Waals surface area contributed by atoms with E-state index in [1.54, 1.807) is 6.08 Å². The molecule has 6 nitrogen and oxygen atoms in total. The normalized spacial score (nSPS) is 39.0. The number of methoxy groups -OCH3 is 1. The zero-order valence-corrected chi connectivity index (χ0v) is 7.64. The first kappa shape index (κ1) is 9.29. The van der Waals surface area contributed by atoms with Crippen LogP contribution in [-0.2, 0) is 18.9 Å². The van der Waals surface area contributed by atoms with Crippen LogP contribution in [0.1, 0.15) is 0 Å². The van der Waals surface area contributed by atoms with E-state index in [0.717, 1.165) is 0 Å². The zero-order chi connectivity index (χ0) is 10.2. The van der Waals surface area contributed by atoms with E-state index in [4.69, 9.17) is 19.9 Å². The lowest BCUT2D eigenvalue weighted by Gasteiger charge is -2.27. The van der Waals surface area contributed by atoms with Crippen LogP contribution >= 0.6 is 0 Å². The van der Waals surface area contributed by atoms with Gasteiger partial charge in [-0.05, 0) is 6.08 Å². The third kappa shape index (κ3) is 1.23. The molecular formula is C8H11NO5. The monoisotopic (exact) mass is 201 g/mol. The van der Waals surface area contributed by atoms with Gasteiger partial charge in [0.05, 0.1) is 20.0 Å². The maximum Gasteiger partial charge on any atom is 0.508 e. The average Bonchev–Trinajstić information content (AvgIpc) is 2.65. The van der Waals surface area contributed by atoms with Crippen LogP contribution in [-0.4, -0.2) is 37.8 Å². The van der Waals surface area contributed by atoms with Gasteiger partial charge in [0.2, 0.25) is 5.72 Å². The van der Waals surface area contributed by atoms with Gasteiger partial charge in [0, 0.05) is 0 Å². The Balaban J connectivity index is 2.04. The van der Waals surface area contributed by atoms with E-state index in [-0.39, 0.29) is 12.7 Å². The number of hydrogen-bond acceptors (Lipinski definition) is 6. The van der Waals surface area contributed by atoms with Crippen LogP contribution in [0.25, 0.3) is 0 Å². The van der Waals surface area contributed by atoms with Crippen LogP contribution in [0.4, 0.5) is 4.79 Å². The van der Waals surface area contributed by atoms with Gasteiger partial charge in [-0.2, -0.15) is 0 Å². The van der Waals surface area contributed by atoms with Crippen molar-refractivity contribution in [2.24, 2.45) is 5.73 Å². The first-order chi connectivity index (χ1) is 6.66. The summed E-state index contributed by atoms with van der Waals surface area (Å²) in [6, 6.07) is 0. The molecule has 0 spiro atoms. The highest BCUT2D eigenvalue weighted by molar-refractivity contribution is 5.60. The SMILES string of the molecule is COC(=O)OC1CO[C@@H]2C=CO[C@]12N. The fourth-order valence-corrected chi connectivity index (χ4v) is 1.50. The lowest BCUT2D eigenvalue weighted by atomic mass is 10.1. The van der Waals surface area contributed by atoms with Gasteiger partial charge >= 0.3 is 6.16 Å². The summed E-state index contributed by atoms with van der Waals surface area (Å²) in [4.78, 5) is 10.9. The highest BCUT2D eigenvalue weighted by atomic mass is 16.7. The molecule has 1 unspecified atom stereocenters. The topological polar surface area (TPSA) is 80.0 Å². The van der Waals surface area contributed by atoms with E-state index in [9.17, 15) is 4.79 Å². The maximum absolute atomic E-state index is 10.9. The Labute approximate surface area is 80.5 Å². The van der Waals surface area contributed by atoms with Gasteiger partial charge in [-0.3, -0.25) is 5.73 Å². The van der Waals surface area contributed by atoms with Crippen LogP contribution < -0.4 is 5.73 Å². The fraction of sp³-hybridized carbons (Fsp3) is 0.625. The van der Waals surface area contributed by atoms with Gasteiger partial charge in [0.1, 0.15) is 6.10 Å². The summed E-state index contributed by atoms with van der Waals surface area (Å²) in [6.07, 6.45) is 1.32. The van der Waals surface area contributed by atoms with E-state index in [1.165, 1.54) is 13.4 Å². The first-order valence-corrected chi connectivity index (χ1v) is 4.16. The van der Waals surface area contributed by atoms with Crippen molar-refractivity contribution < 1.29 is 23.7 Å². The van der Waals surface area contributed by atoms with Crippen molar-refractivity contribution in [2.45, 2.75) is 17.9 Å². The van der Waals surface area contributed by atoms with Crippen LogP contribution in [0.2, 0.25) is 0 Å². The molecule has 0 aromatic carbocycles. The molecular weight excluding hydrogens is 190 g/mol. The zero-order valence-electron chi connectivity index (χ0n) is 7.64. The second-order valence-electron chi connectivity index (χ2n) is 3.11. The molecule has 2 rings (SSSR count). The Hall–Kier alpha value is -1.27. The van der Waals surface area contributed by atoms with E-state index >= 15 is 0 Å². The van der Waals surface area contributed by atoms with Crippen LogP contribution in [0.15, 0.2) is 12.3 Å². The van der Waals surface area contributed by atoms with Gasteiger partial charge in [-0.15, -0.1) is 0 Å². The average molecular weight is 201 g/mol. The molecule has 0 aromatic rings. The highest BCUT2D eigenvalue weighted by Gasteiger charge is 2.54. The summed E-state index contributed by atoms with van der Waals surface area (Å²) in [7, 11) is 1.23. The lowest BCUT2D eigenvalue weighted by Crippen LogP contribution is -2.55. The molecule has 0 radical (unpaired) electrons. The van der Waals surface area contributed by atoms with Crippen LogP contribution in [0.5, 0.6) is 0 Å². The summed E-state index contributed by atoms with van der Waals surface area (Å²) in [5.41, 5.74) is 4.77. The second kappa shape index (κ2) is 3.14. The van der Waals surface area contributed by atoms with Crippen molar-refractivity contribution in [3.8, 4) is 0 Å². The molecule has 3 atom stereocenters. The molecule has 2 heterocycles. The number of fused-ring (bicyclic) bond motifs is 1. The predicted octanol–water partition coefficient (Wildman–Crippen LogP) is -0.264. The number of carbonyl (C=O) groups excluding carboxylic acids is 1. The molecule has 6 heteroatoms. The van der Waals surface area contributed by atoms with Gasteiger partial charge in [0.15, 0.2) is 6.10 Å². The third-order valence-corrected chi connectivity index (χ3v) is 2.31. The van der Waals surface area contributed by atoms with Crippen molar-refractivity contribution in [3.05, 3.63) is 12.3 Å². The van der Waals surface area contributed by atoms with E-state index < -0.39 is 18.0 Å². The smallest absolute Gasteiger partial charge is 0.474 e. The molecule has 2 N–H and O–H groups in total. The standard InChI is InChI=1S/C8H11NO5/c1-11-7(10)14-6-4-12-5-2-3-13-8(5,6)9/h2-3,5-6H,4,9H2,1H3/t5-,6?,8+/m1/s1. The molecule has 14 heavy (non-hydrogen) atoms. The largest absolute Gasteiger partial charge is 0.508 e. The second-order valence-corrected chi connectivity index (χ2v) is 3.11. The third-order valence-electron chi connectivity index (χ3n) is 2.31. The Bertz CT molecular complexity index is 279. The van der Waals surface area contributed by atoms with Gasteiger partial charge < -0.3 is 18.9 Å². The van der Waals surface area contributed by atoms with E-state index in [2.05, 4.69) is 4.74 Å². The molecule has 2 aliphatic rings. The van der Waals surface area contributed by atoms with E-state index in [0.29, 0.717) is 0 Å². The summed E-state index contributed by atoms with van der Waals surface area (Å²) in [5, 5.41) is 0. The summed E-state index contributed by atoms with van der Waals surface area (Å²) in [6.45, 7) is 0.209. The van der Waals surface area contributed by atoms with Crippen molar-refractivity contribution in [2.75, 3.05) is 13.7 Å². The van der Waals surface area contributed by atoms with Crippen molar-refractivity contribution in [3.63, 3.8) is 0 Å². The molecule has 0 saturated carbocycles. The Morgan fingerprint density at radius 2 is 2.50 bits per heavy atom. The van der Waals surface area contributed by atoms with Gasteiger partial charge in [-0.25, -0.2) is 4.79 Å². The quantitative estimate of drug-likeness (QED) is 0.588.